The van der Waals surface area contributed by atoms with Crippen molar-refractivity contribution in [3.8, 4) is 0 Å². The number of aromatic nitrogens is 1. The number of primary amides is 1. The van der Waals surface area contributed by atoms with E-state index in [0.29, 0.717) is 6.42 Å². The topological polar surface area (TPSA) is 120 Å². The molecular formula is C18H23N5O3. The molecular weight excluding hydrogens is 334 g/mol. The van der Waals surface area contributed by atoms with Gasteiger partial charge >= 0.3 is 0 Å². The minimum atomic E-state index is -0.767. The zero-order valence-corrected chi connectivity index (χ0v) is 14.8. The summed E-state index contributed by atoms with van der Waals surface area (Å²) >= 11 is 0. The summed E-state index contributed by atoms with van der Waals surface area (Å²) in [5.74, 6) is -1.11. The highest BCUT2D eigenvalue weighted by Crippen LogP contribution is 2.30. The molecule has 1 aromatic heterocycles. The molecule has 2 aromatic rings. The number of benzene rings is 1. The highest BCUT2D eigenvalue weighted by Gasteiger charge is 2.36. The lowest BCUT2D eigenvalue weighted by Gasteiger charge is -2.35. The van der Waals surface area contributed by atoms with Crippen molar-refractivity contribution in [3.63, 3.8) is 0 Å². The first-order chi connectivity index (χ1) is 12.5. The molecule has 3 amide bonds. The van der Waals surface area contributed by atoms with Crippen molar-refractivity contribution >= 4 is 28.6 Å². The maximum absolute atomic E-state index is 12.8. The number of para-hydroxylation sites is 1. The number of carbonyl (C=O) groups is 3. The predicted octanol–water partition coefficient (Wildman–Crippen LogP) is -0.369. The smallest absolute Gasteiger partial charge is 0.242 e. The maximum Gasteiger partial charge on any atom is 0.242 e. The number of hydrogen-bond donors (Lipinski definition) is 4. The molecule has 2 heterocycles. The van der Waals surface area contributed by atoms with E-state index >= 15 is 0 Å². The van der Waals surface area contributed by atoms with Crippen LogP contribution in [0.4, 0.5) is 0 Å². The van der Waals surface area contributed by atoms with Crippen molar-refractivity contribution in [1.29, 1.82) is 0 Å². The van der Waals surface area contributed by atoms with Crippen LogP contribution in [0.25, 0.3) is 10.9 Å². The Morgan fingerprint density at radius 1 is 1.31 bits per heavy atom. The van der Waals surface area contributed by atoms with Gasteiger partial charge in [0, 0.05) is 30.1 Å². The highest BCUT2D eigenvalue weighted by molar-refractivity contribution is 5.93. The summed E-state index contributed by atoms with van der Waals surface area (Å²) in [6.45, 7) is 0.288. The molecule has 8 nitrogen and oxygen atoms in total. The molecule has 0 saturated heterocycles. The Morgan fingerprint density at radius 3 is 2.69 bits per heavy atom. The summed E-state index contributed by atoms with van der Waals surface area (Å²) < 4.78 is 0. The molecule has 2 atom stereocenters. The van der Waals surface area contributed by atoms with Crippen LogP contribution in [-0.4, -0.2) is 53.8 Å². The lowest BCUT2D eigenvalue weighted by molar-refractivity contribution is -0.142. The number of nitrogens with zero attached hydrogens (tertiary/aromatic N) is 1. The van der Waals surface area contributed by atoms with Crippen LogP contribution in [0.1, 0.15) is 17.7 Å². The zero-order chi connectivity index (χ0) is 18.8. The van der Waals surface area contributed by atoms with Crippen LogP contribution in [0, 0.1) is 0 Å². The molecule has 0 spiro atoms. The second-order valence-corrected chi connectivity index (χ2v) is 6.43. The summed E-state index contributed by atoms with van der Waals surface area (Å²) in [5, 5.41) is 6.43. The molecule has 138 valence electrons. The van der Waals surface area contributed by atoms with Crippen LogP contribution in [0.2, 0.25) is 0 Å². The quantitative estimate of drug-likeness (QED) is 0.583. The highest BCUT2D eigenvalue weighted by atomic mass is 16.2. The normalized spacial score (nSPS) is 17.6. The number of H-pyrrole nitrogens is 1. The average Bonchev–Trinajstić information content (AvgIpc) is 3.01. The van der Waals surface area contributed by atoms with Gasteiger partial charge in [0.1, 0.15) is 6.04 Å². The van der Waals surface area contributed by atoms with Crippen molar-refractivity contribution in [1.82, 2.24) is 20.5 Å². The molecule has 1 aromatic carbocycles. The van der Waals surface area contributed by atoms with Gasteiger partial charge in [-0.2, -0.15) is 0 Å². The van der Waals surface area contributed by atoms with Crippen molar-refractivity contribution in [3.05, 3.63) is 35.5 Å². The van der Waals surface area contributed by atoms with E-state index in [9.17, 15) is 14.4 Å². The largest absolute Gasteiger partial charge is 0.368 e. The third kappa shape index (κ3) is 3.15. The third-order valence-corrected chi connectivity index (χ3v) is 4.94. The van der Waals surface area contributed by atoms with Crippen LogP contribution in [0.15, 0.2) is 24.3 Å². The molecule has 0 radical (unpaired) electrons. The SMILES string of the molecule is CNC(=O)C1Cc2c([nH]c3ccccc23)CN1C(=O)CC(NC)C(N)=O. The standard InChI is InChI=1S/C18H23N5O3/c1-20-13(17(19)25)8-16(24)23-9-14-11(7-15(23)18(26)21-2)10-5-3-4-6-12(10)22-14/h3-6,13,15,20,22H,7-9H2,1-2H3,(H2,19,25)(H,21,26). The van der Waals surface area contributed by atoms with Crippen LogP contribution >= 0.6 is 0 Å². The molecule has 8 heteroatoms. The van der Waals surface area contributed by atoms with Crippen molar-refractivity contribution in [2.75, 3.05) is 14.1 Å². The first-order valence-corrected chi connectivity index (χ1v) is 8.52. The number of rotatable bonds is 5. The average molecular weight is 357 g/mol. The predicted molar refractivity (Wildman–Crippen MR) is 97.1 cm³/mol. The number of aromatic amines is 1. The van der Waals surface area contributed by atoms with Gasteiger partial charge in [-0.3, -0.25) is 14.4 Å². The van der Waals surface area contributed by atoms with Crippen LogP contribution in [0.3, 0.4) is 0 Å². The molecule has 1 aliphatic rings. The van der Waals surface area contributed by atoms with Crippen LogP contribution in [-0.2, 0) is 27.3 Å². The van der Waals surface area contributed by atoms with E-state index < -0.39 is 18.0 Å². The Morgan fingerprint density at radius 2 is 2.04 bits per heavy atom. The molecule has 0 saturated carbocycles. The van der Waals surface area contributed by atoms with E-state index in [-0.39, 0.29) is 24.8 Å². The molecule has 0 aliphatic carbocycles. The Labute approximate surface area is 151 Å². The second kappa shape index (κ2) is 7.17. The van der Waals surface area contributed by atoms with Crippen molar-refractivity contribution in [2.24, 2.45) is 5.73 Å². The van der Waals surface area contributed by atoms with E-state index in [2.05, 4.69) is 15.6 Å². The van der Waals surface area contributed by atoms with Gasteiger partial charge < -0.3 is 26.3 Å². The van der Waals surface area contributed by atoms with Gasteiger partial charge in [0.05, 0.1) is 19.0 Å². The fourth-order valence-corrected chi connectivity index (χ4v) is 3.51. The van der Waals surface area contributed by atoms with Crippen LogP contribution in [0.5, 0.6) is 0 Å². The van der Waals surface area contributed by atoms with E-state index in [4.69, 9.17) is 5.73 Å². The molecule has 5 N–H and O–H groups in total. The summed E-state index contributed by atoms with van der Waals surface area (Å²) in [6, 6.07) is 6.48. The summed E-state index contributed by atoms with van der Waals surface area (Å²) in [4.78, 5) is 41.5. The number of fused-ring (bicyclic) bond motifs is 3. The van der Waals surface area contributed by atoms with Gasteiger partial charge in [0.2, 0.25) is 17.7 Å². The Hall–Kier alpha value is -2.87. The minimum absolute atomic E-state index is 0.0884. The first kappa shape index (κ1) is 17.9. The fourth-order valence-electron chi connectivity index (χ4n) is 3.51. The maximum atomic E-state index is 12.8. The molecule has 1 aliphatic heterocycles. The van der Waals surface area contributed by atoms with E-state index in [1.165, 1.54) is 4.90 Å². The Bertz CT molecular complexity index is 860. The molecule has 0 bridgehead atoms. The van der Waals surface area contributed by atoms with Gasteiger partial charge in [0.15, 0.2) is 0 Å². The molecule has 0 fully saturated rings. The van der Waals surface area contributed by atoms with Gasteiger partial charge in [0.25, 0.3) is 0 Å². The van der Waals surface area contributed by atoms with Gasteiger partial charge in [-0.05, 0) is 18.7 Å². The summed E-state index contributed by atoms with van der Waals surface area (Å²) in [7, 11) is 3.13. The number of nitrogens with two attached hydrogens (primary N) is 1. The number of carbonyl (C=O) groups excluding carboxylic acids is 3. The van der Waals surface area contributed by atoms with Gasteiger partial charge in [-0.1, -0.05) is 18.2 Å². The number of likely N-dealkylation sites (N-methyl/N-ethyl adjacent to an activating group) is 2. The number of hydrogen-bond acceptors (Lipinski definition) is 4. The fraction of sp³-hybridized carbons (Fsp3) is 0.389. The lowest BCUT2D eigenvalue weighted by Crippen LogP contribution is -2.53. The number of nitrogens with one attached hydrogen (secondary N) is 3. The summed E-state index contributed by atoms with van der Waals surface area (Å²) in [5.41, 5.74) is 8.27. The van der Waals surface area contributed by atoms with Gasteiger partial charge in [-0.25, -0.2) is 0 Å². The monoisotopic (exact) mass is 357 g/mol. The Balaban J connectivity index is 1.94. The molecule has 3 rings (SSSR count). The number of amides is 3. The van der Waals surface area contributed by atoms with E-state index in [0.717, 1.165) is 22.2 Å². The minimum Gasteiger partial charge on any atom is -0.368 e. The van der Waals surface area contributed by atoms with Gasteiger partial charge in [-0.15, -0.1) is 0 Å². The second-order valence-electron chi connectivity index (χ2n) is 6.43. The summed E-state index contributed by atoms with van der Waals surface area (Å²) in [6.07, 6.45) is 0.334. The van der Waals surface area contributed by atoms with E-state index in [1.54, 1.807) is 14.1 Å². The zero-order valence-electron chi connectivity index (χ0n) is 14.8. The van der Waals surface area contributed by atoms with Crippen molar-refractivity contribution < 1.29 is 14.4 Å². The first-order valence-electron chi connectivity index (χ1n) is 8.52. The van der Waals surface area contributed by atoms with E-state index in [1.807, 2.05) is 24.3 Å². The molecule has 2 unspecified atom stereocenters. The third-order valence-electron chi connectivity index (χ3n) is 4.94. The molecule has 26 heavy (non-hydrogen) atoms. The van der Waals surface area contributed by atoms with Crippen molar-refractivity contribution in [2.45, 2.75) is 31.5 Å². The lowest BCUT2D eigenvalue weighted by atomic mass is 9.95. The Kier molecular flexibility index (Phi) is 4.94. The van der Waals surface area contributed by atoms with Crippen LogP contribution < -0.4 is 16.4 Å².